The molecule has 0 spiro atoms. The van der Waals surface area contributed by atoms with Crippen molar-refractivity contribution in [3.05, 3.63) is 53.4 Å². The highest BCUT2D eigenvalue weighted by Gasteiger charge is 2.54. The van der Waals surface area contributed by atoms with Crippen molar-refractivity contribution in [3.8, 4) is 0 Å². The number of nitrogens with zero attached hydrogens (tertiary/aromatic N) is 3. The maximum atomic E-state index is 14.7. The van der Waals surface area contributed by atoms with Crippen molar-refractivity contribution < 1.29 is 45.8 Å². The Hall–Kier alpha value is -3.75. The van der Waals surface area contributed by atoms with Gasteiger partial charge in [0.05, 0.1) is 12.4 Å². The number of aliphatic imine (C=N–C) groups is 1. The molecule has 0 radical (unpaired) electrons. The Morgan fingerprint density at radius 1 is 1.26 bits per heavy atom. The Morgan fingerprint density at radius 3 is 2.47 bits per heavy atom. The predicted octanol–water partition coefficient (Wildman–Crippen LogP) is 2.83. The van der Waals surface area contributed by atoms with Crippen LogP contribution in [-0.2, 0) is 21.2 Å². The number of alkyl halides is 5. The molecule has 2 aromatic rings. The van der Waals surface area contributed by atoms with E-state index in [0.29, 0.717) is 12.4 Å². The summed E-state index contributed by atoms with van der Waals surface area (Å²) in [6.07, 6.45) is -3.76. The second-order valence-electron chi connectivity index (χ2n) is 6.91. The molecule has 3 rings (SSSR count). The van der Waals surface area contributed by atoms with Gasteiger partial charge >= 0.3 is 6.18 Å². The number of halogens is 6. The number of hydrogen-bond acceptors (Lipinski definition) is 7. The SMILES string of the molecule is C[C@]1(c2cc(NC(=O)c3cnc(C(F)(F)F)cn3)ccc2F)N=C(N)COCC1(F)F.O=CO. The van der Waals surface area contributed by atoms with Crippen LogP contribution in [0.3, 0.4) is 0 Å². The maximum Gasteiger partial charge on any atom is 0.434 e. The summed E-state index contributed by atoms with van der Waals surface area (Å²) in [4.78, 5) is 30.9. The van der Waals surface area contributed by atoms with E-state index < -0.39 is 52.9 Å². The molecule has 0 saturated carbocycles. The minimum atomic E-state index is -4.74. The quantitative estimate of drug-likeness (QED) is 0.441. The highest BCUT2D eigenvalue weighted by atomic mass is 19.4. The highest BCUT2D eigenvalue weighted by Crippen LogP contribution is 2.44. The van der Waals surface area contributed by atoms with Crippen molar-refractivity contribution in [1.82, 2.24) is 9.97 Å². The van der Waals surface area contributed by atoms with E-state index in [4.69, 9.17) is 20.4 Å². The molecule has 15 heteroatoms. The zero-order valence-corrected chi connectivity index (χ0v) is 17.2. The van der Waals surface area contributed by atoms with Gasteiger partial charge in [-0.15, -0.1) is 0 Å². The van der Waals surface area contributed by atoms with Gasteiger partial charge in [0.15, 0.2) is 11.2 Å². The number of rotatable bonds is 3. The lowest BCUT2D eigenvalue weighted by atomic mass is 9.85. The molecule has 1 aliphatic heterocycles. The Kier molecular flexibility index (Phi) is 7.82. The third kappa shape index (κ3) is 5.78. The number of amides is 1. The average molecular weight is 493 g/mol. The summed E-state index contributed by atoms with van der Waals surface area (Å²) in [7, 11) is 0. The van der Waals surface area contributed by atoms with Crippen LogP contribution in [0.5, 0.6) is 0 Å². The molecule has 4 N–H and O–H groups in total. The number of benzene rings is 1. The molecule has 1 atom stereocenters. The van der Waals surface area contributed by atoms with Crippen molar-refractivity contribution in [2.24, 2.45) is 10.7 Å². The summed E-state index contributed by atoms with van der Waals surface area (Å²) in [5, 5.41) is 9.14. The summed E-state index contributed by atoms with van der Waals surface area (Å²) in [5.74, 6) is -5.93. The van der Waals surface area contributed by atoms with Crippen molar-refractivity contribution in [2.75, 3.05) is 18.5 Å². The monoisotopic (exact) mass is 493 g/mol. The molecule has 9 nitrogen and oxygen atoms in total. The maximum absolute atomic E-state index is 14.7. The third-order valence-corrected chi connectivity index (χ3v) is 4.54. The fourth-order valence-electron chi connectivity index (χ4n) is 2.85. The van der Waals surface area contributed by atoms with E-state index in [9.17, 15) is 31.1 Å². The lowest BCUT2D eigenvalue weighted by Gasteiger charge is -2.33. The second kappa shape index (κ2) is 10.0. The Balaban J connectivity index is 0.00000129. The van der Waals surface area contributed by atoms with Gasteiger partial charge in [-0.05, 0) is 25.1 Å². The summed E-state index contributed by atoms with van der Waals surface area (Å²) in [6.45, 7) is -0.708. The van der Waals surface area contributed by atoms with Crippen LogP contribution in [-0.4, -0.2) is 52.4 Å². The summed E-state index contributed by atoms with van der Waals surface area (Å²) >= 11 is 0. The van der Waals surface area contributed by atoms with E-state index in [1.54, 1.807) is 0 Å². The normalized spacial score (nSPS) is 19.7. The van der Waals surface area contributed by atoms with E-state index in [1.807, 2.05) is 0 Å². The summed E-state index contributed by atoms with van der Waals surface area (Å²) < 4.78 is 86.3. The van der Waals surface area contributed by atoms with E-state index in [-0.39, 0.29) is 24.6 Å². The number of amidine groups is 1. The van der Waals surface area contributed by atoms with Crippen LogP contribution in [0.15, 0.2) is 35.6 Å². The number of aromatic nitrogens is 2. The van der Waals surface area contributed by atoms with Gasteiger partial charge in [0.25, 0.3) is 18.3 Å². The molecule has 0 aliphatic carbocycles. The number of carbonyl (C=O) groups is 2. The zero-order chi connectivity index (χ0) is 25.7. The van der Waals surface area contributed by atoms with E-state index >= 15 is 0 Å². The molecule has 1 aliphatic rings. The van der Waals surface area contributed by atoms with Crippen molar-refractivity contribution >= 4 is 23.9 Å². The molecule has 0 fully saturated rings. The van der Waals surface area contributed by atoms with Gasteiger partial charge in [-0.1, -0.05) is 0 Å². The number of nitrogens with one attached hydrogen (secondary N) is 1. The Bertz CT molecular complexity index is 1080. The molecular weight excluding hydrogens is 476 g/mol. The smallest absolute Gasteiger partial charge is 0.434 e. The van der Waals surface area contributed by atoms with Crippen molar-refractivity contribution in [3.63, 3.8) is 0 Å². The fourth-order valence-corrected chi connectivity index (χ4v) is 2.85. The first-order valence-electron chi connectivity index (χ1n) is 9.13. The number of anilines is 1. The Morgan fingerprint density at radius 2 is 1.91 bits per heavy atom. The molecule has 0 saturated heterocycles. The molecular formula is C19H17F6N5O4. The predicted molar refractivity (Wildman–Crippen MR) is 105 cm³/mol. The van der Waals surface area contributed by atoms with Gasteiger partial charge in [0.2, 0.25) is 0 Å². The summed E-state index contributed by atoms with van der Waals surface area (Å²) in [6, 6.07) is 2.85. The van der Waals surface area contributed by atoms with Crippen molar-refractivity contribution in [1.29, 1.82) is 0 Å². The third-order valence-electron chi connectivity index (χ3n) is 4.54. The van der Waals surface area contributed by atoms with Gasteiger partial charge in [-0.25, -0.2) is 23.1 Å². The second-order valence-corrected chi connectivity index (χ2v) is 6.91. The van der Waals surface area contributed by atoms with Gasteiger partial charge < -0.3 is 20.9 Å². The lowest BCUT2D eigenvalue weighted by molar-refractivity contribution is -0.141. The molecule has 0 unspecified atom stereocenters. The Labute approximate surface area is 187 Å². The molecule has 0 bridgehead atoms. The fraction of sp³-hybridized carbons (Fsp3) is 0.316. The highest BCUT2D eigenvalue weighted by molar-refractivity contribution is 6.02. The van der Waals surface area contributed by atoms with Crippen LogP contribution in [0, 0.1) is 5.82 Å². The van der Waals surface area contributed by atoms with Gasteiger partial charge in [0.1, 0.15) is 30.6 Å². The first-order chi connectivity index (χ1) is 15.7. The number of hydrogen-bond donors (Lipinski definition) is 3. The van der Waals surface area contributed by atoms with Crippen LogP contribution in [0.1, 0.15) is 28.7 Å². The van der Waals surface area contributed by atoms with Crippen molar-refractivity contribution in [2.45, 2.75) is 24.6 Å². The van der Waals surface area contributed by atoms with E-state index in [2.05, 4.69) is 20.3 Å². The first-order valence-corrected chi connectivity index (χ1v) is 9.13. The number of nitrogens with two attached hydrogens (primary N) is 1. The number of carbonyl (C=O) groups excluding carboxylic acids is 1. The molecule has 2 heterocycles. The molecule has 184 valence electrons. The molecule has 34 heavy (non-hydrogen) atoms. The van der Waals surface area contributed by atoms with Gasteiger partial charge in [-0.2, -0.15) is 13.2 Å². The van der Waals surface area contributed by atoms with Gasteiger partial charge in [0, 0.05) is 11.3 Å². The van der Waals surface area contributed by atoms with Crippen LogP contribution in [0.4, 0.5) is 32.0 Å². The van der Waals surface area contributed by atoms with E-state index in [1.165, 1.54) is 0 Å². The first kappa shape index (κ1) is 26.5. The van der Waals surface area contributed by atoms with E-state index in [0.717, 1.165) is 25.1 Å². The van der Waals surface area contributed by atoms with Crippen LogP contribution >= 0.6 is 0 Å². The minimum absolute atomic E-state index is 0.126. The standard InChI is InChI=1S/C18H15F6N5O2.CH2O2/c1-16(17(20,21)8-31-7-14(25)29-16)10-4-9(2-3-11(10)19)28-15(30)12-5-27-13(6-26-12)18(22,23)24;2-1-3/h2-6H,7-8H2,1H3,(H2,25,29)(H,28,30);1H,(H,2,3)/t16-;/m1./s1. The summed E-state index contributed by atoms with van der Waals surface area (Å²) in [5.41, 5.74) is 0.661. The molecule has 1 aromatic heterocycles. The van der Waals surface area contributed by atoms with Crippen LogP contribution in [0.25, 0.3) is 0 Å². The topological polar surface area (TPSA) is 140 Å². The van der Waals surface area contributed by atoms with Gasteiger partial charge in [-0.3, -0.25) is 14.6 Å². The van der Waals surface area contributed by atoms with Crippen LogP contribution < -0.4 is 11.1 Å². The molecule has 1 amide bonds. The largest absolute Gasteiger partial charge is 0.483 e. The minimum Gasteiger partial charge on any atom is -0.483 e. The average Bonchev–Trinajstić information content (AvgIpc) is 2.84. The number of carboxylic acid groups (broad SMARTS) is 1. The lowest BCUT2D eigenvalue weighted by Crippen LogP contribution is -2.45. The van der Waals surface area contributed by atoms with Crippen LogP contribution in [0.2, 0.25) is 0 Å². The zero-order valence-electron chi connectivity index (χ0n) is 17.2. The number of ether oxygens (including phenoxy) is 1. The molecule has 1 aromatic carbocycles.